The number of methoxy groups -OCH3 is 3. The van der Waals surface area contributed by atoms with Crippen LogP contribution in [0.4, 0.5) is 11.4 Å². The molecule has 0 saturated carbocycles. The number of ether oxygens (including phenoxy) is 3. The van der Waals surface area contributed by atoms with Gasteiger partial charge < -0.3 is 19.5 Å². The summed E-state index contributed by atoms with van der Waals surface area (Å²) in [6, 6.07) is 7.69. The van der Waals surface area contributed by atoms with E-state index in [1.807, 2.05) is 0 Å². The minimum atomic E-state index is -3.37. The molecule has 30 heavy (non-hydrogen) atoms. The Bertz CT molecular complexity index is 1110. The van der Waals surface area contributed by atoms with Gasteiger partial charge in [0.15, 0.2) is 11.5 Å². The Morgan fingerprint density at radius 2 is 1.70 bits per heavy atom. The third kappa shape index (κ3) is 4.04. The highest BCUT2D eigenvalue weighted by Gasteiger charge is 2.27. The lowest BCUT2D eigenvalue weighted by Crippen LogP contribution is -2.27. The molecule has 0 radical (unpaired) electrons. The molecule has 3 rings (SSSR count). The summed E-state index contributed by atoms with van der Waals surface area (Å²) in [7, 11) is 0.732. The van der Waals surface area contributed by atoms with Crippen molar-refractivity contribution in [2.45, 2.75) is 6.42 Å². The maximum absolute atomic E-state index is 12.8. The Hall–Kier alpha value is -3.27. The molecular formula is C20H22N2O7S. The molecule has 1 aliphatic heterocycles. The van der Waals surface area contributed by atoms with Gasteiger partial charge in [0.05, 0.1) is 44.5 Å². The molecule has 0 bridgehead atoms. The van der Waals surface area contributed by atoms with Gasteiger partial charge in [0, 0.05) is 24.2 Å². The first-order valence-corrected chi connectivity index (χ1v) is 10.8. The summed E-state index contributed by atoms with van der Waals surface area (Å²) in [5.41, 5.74) is 1.95. The van der Waals surface area contributed by atoms with Crippen LogP contribution >= 0.6 is 0 Å². The monoisotopic (exact) mass is 434 g/mol. The number of benzene rings is 2. The van der Waals surface area contributed by atoms with Crippen molar-refractivity contribution in [3.05, 3.63) is 47.0 Å². The zero-order valence-electron chi connectivity index (χ0n) is 17.0. The van der Waals surface area contributed by atoms with Gasteiger partial charge >= 0.3 is 5.97 Å². The molecule has 1 aliphatic rings. The van der Waals surface area contributed by atoms with Crippen LogP contribution in [0.2, 0.25) is 0 Å². The number of amides is 1. The molecule has 0 atom stereocenters. The summed E-state index contributed by atoms with van der Waals surface area (Å²) in [6.07, 6.45) is 1.65. The maximum atomic E-state index is 12.8. The minimum absolute atomic E-state index is 0.105. The zero-order valence-corrected chi connectivity index (χ0v) is 17.8. The molecule has 0 saturated heterocycles. The van der Waals surface area contributed by atoms with Crippen LogP contribution in [0.15, 0.2) is 30.3 Å². The van der Waals surface area contributed by atoms with Gasteiger partial charge in [-0.15, -0.1) is 0 Å². The molecule has 160 valence electrons. The fraction of sp³-hybridized carbons (Fsp3) is 0.300. The van der Waals surface area contributed by atoms with Gasteiger partial charge in [0.25, 0.3) is 5.91 Å². The molecule has 9 nitrogen and oxygen atoms in total. The van der Waals surface area contributed by atoms with Gasteiger partial charge in [-0.05, 0) is 30.2 Å². The molecule has 0 aromatic heterocycles. The number of anilines is 2. The average Bonchev–Trinajstić information content (AvgIpc) is 3.16. The molecule has 1 N–H and O–H groups in total. The molecule has 0 aliphatic carbocycles. The second-order valence-electron chi connectivity index (χ2n) is 6.63. The van der Waals surface area contributed by atoms with Gasteiger partial charge in [-0.25, -0.2) is 13.2 Å². The Morgan fingerprint density at radius 3 is 2.30 bits per heavy atom. The van der Waals surface area contributed by atoms with Crippen molar-refractivity contribution < 1.29 is 32.2 Å². The van der Waals surface area contributed by atoms with E-state index in [-0.39, 0.29) is 11.3 Å². The lowest BCUT2D eigenvalue weighted by molar-refractivity contribution is 0.0601. The summed E-state index contributed by atoms with van der Waals surface area (Å²) in [5, 5.41) is 2.69. The number of carbonyl (C=O) groups excluding carboxylic acids is 2. The topological polar surface area (TPSA) is 111 Å². The number of fused-ring (bicyclic) bond motifs is 1. The fourth-order valence-corrected chi connectivity index (χ4v) is 4.27. The third-order valence-electron chi connectivity index (χ3n) is 4.77. The first-order valence-electron chi connectivity index (χ1n) is 8.96. The van der Waals surface area contributed by atoms with E-state index in [1.165, 1.54) is 43.8 Å². The quantitative estimate of drug-likeness (QED) is 0.693. The first-order chi connectivity index (χ1) is 14.2. The van der Waals surface area contributed by atoms with Crippen molar-refractivity contribution in [1.29, 1.82) is 0 Å². The van der Waals surface area contributed by atoms with Gasteiger partial charge in [-0.3, -0.25) is 9.10 Å². The van der Waals surface area contributed by atoms with Crippen molar-refractivity contribution in [2.75, 3.05) is 43.8 Å². The minimum Gasteiger partial charge on any atom is -0.493 e. The Kier molecular flexibility index (Phi) is 5.88. The second kappa shape index (κ2) is 8.23. The molecule has 0 fully saturated rings. The Balaban J connectivity index is 1.94. The fourth-order valence-electron chi connectivity index (χ4n) is 3.31. The predicted octanol–water partition coefficient (Wildman–Crippen LogP) is 2.06. The van der Waals surface area contributed by atoms with Crippen molar-refractivity contribution in [3.63, 3.8) is 0 Å². The highest BCUT2D eigenvalue weighted by Crippen LogP contribution is 2.35. The number of nitrogens with zero attached hydrogens (tertiary/aromatic N) is 1. The van der Waals surface area contributed by atoms with E-state index in [9.17, 15) is 18.0 Å². The standard InChI is InChI=1S/C20H22N2O7S/c1-27-17-10-14(20(24)29-3)15(11-18(17)28-2)21-19(23)13-5-6-16-12(9-13)7-8-22(16)30(4,25)26/h5-6,9-11H,7-8H2,1-4H3,(H,21,23). The summed E-state index contributed by atoms with van der Waals surface area (Å²) >= 11 is 0. The van der Waals surface area contributed by atoms with Crippen LogP contribution in [-0.4, -0.2) is 54.4 Å². The van der Waals surface area contributed by atoms with Crippen LogP contribution in [0.1, 0.15) is 26.3 Å². The van der Waals surface area contributed by atoms with Gasteiger partial charge in [0.1, 0.15) is 0 Å². The van der Waals surface area contributed by atoms with Crippen LogP contribution < -0.4 is 19.1 Å². The summed E-state index contributed by atoms with van der Waals surface area (Å²) in [6.45, 7) is 0.335. The van der Waals surface area contributed by atoms with E-state index in [4.69, 9.17) is 14.2 Å². The smallest absolute Gasteiger partial charge is 0.340 e. The van der Waals surface area contributed by atoms with Crippen LogP contribution in [0.3, 0.4) is 0 Å². The summed E-state index contributed by atoms with van der Waals surface area (Å²) in [5.74, 6) is -0.468. The molecule has 0 spiro atoms. The lowest BCUT2D eigenvalue weighted by atomic mass is 10.1. The maximum Gasteiger partial charge on any atom is 0.340 e. The second-order valence-corrected chi connectivity index (χ2v) is 8.53. The van der Waals surface area contributed by atoms with Crippen LogP contribution in [0.5, 0.6) is 11.5 Å². The Morgan fingerprint density at radius 1 is 1.03 bits per heavy atom. The zero-order chi connectivity index (χ0) is 22.1. The van der Waals surface area contributed by atoms with Crippen molar-refractivity contribution in [2.24, 2.45) is 0 Å². The normalized spacial score (nSPS) is 12.9. The number of hydrogen-bond donors (Lipinski definition) is 1. The summed E-state index contributed by atoms with van der Waals surface area (Å²) < 4.78 is 40.3. The largest absolute Gasteiger partial charge is 0.493 e. The SMILES string of the molecule is COC(=O)c1cc(OC)c(OC)cc1NC(=O)c1ccc2c(c1)CCN2S(C)(=O)=O. The van der Waals surface area contributed by atoms with Crippen LogP contribution in [-0.2, 0) is 21.2 Å². The van der Waals surface area contributed by atoms with Crippen molar-refractivity contribution in [1.82, 2.24) is 0 Å². The molecule has 10 heteroatoms. The van der Waals surface area contributed by atoms with Gasteiger partial charge in [-0.2, -0.15) is 0 Å². The molecular weight excluding hydrogens is 412 g/mol. The van der Waals surface area contributed by atoms with E-state index < -0.39 is 21.9 Å². The molecule has 2 aromatic carbocycles. The van der Waals surface area contributed by atoms with E-state index in [0.29, 0.717) is 35.7 Å². The summed E-state index contributed by atoms with van der Waals surface area (Å²) in [4.78, 5) is 25.0. The molecule has 1 heterocycles. The number of esters is 1. The molecule has 1 amide bonds. The number of hydrogen-bond acceptors (Lipinski definition) is 7. The van der Waals surface area contributed by atoms with Crippen molar-refractivity contribution >= 4 is 33.3 Å². The number of sulfonamides is 1. The highest BCUT2D eigenvalue weighted by atomic mass is 32.2. The molecule has 2 aromatic rings. The lowest BCUT2D eigenvalue weighted by Gasteiger charge is -2.17. The number of carbonyl (C=O) groups is 2. The average molecular weight is 434 g/mol. The van der Waals surface area contributed by atoms with Crippen LogP contribution in [0, 0.1) is 0 Å². The van der Waals surface area contributed by atoms with Gasteiger partial charge in [0.2, 0.25) is 10.0 Å². The first kappa shape index (κ1) is 21.4. The number of nitrogens with one attached hydrogen (secondary N) is 1. The Labute approximate surface area is 174 Å². The van der Waals surface area contributed by atoms with E-state index in [0.717, 1.165) is 11.8 Å². The predicted molar refractivity (Wildman–Crippen MR) is 111 cm³/mol. The van der Waals surface area contributed by atoms with Crippen LogP contribution in [0.25, 0.3) is 0 Å². The van der Waals surface area contributed by atoms with E-state index in [1.54, 1.807) is 12.1 Å². The van der Waals surface area contributed by atoms with E-state index in [2.05, 4.69) is 5.32 Å². The van der Waals surface area contributed by atoms with Crippen molar-refractivity contribution in [3.8, 4) is 11.5 Å². The highest BCUT2D eigenvalue weighted by molar-refractivity contribution is 7.92. The third-order valence-corrected chi connectivity index (χ3v) is 5.95. The molecule has 0 unspecified atom stereocenters. The number of rotatable bonds is 6. The van der Waals surface area contributed by atoms with E-state index >= 15 is 0 Å². The van der Waals surface area contributed by atoms with Gasteiger partial charge in [-0.1, -0.05) is 0 Å².